The molecule has 0 aliphatic heterocycles. The third-order valence-corrected chi connectivity index (χ3v) is 5.11. The number of carbonyl (C=O) groups excluding carboxylic acids is 1. The van der Waals surface area contributed by atoms with E-state index in [2.05, 4.69) is 48.1 Å². The second-order valence-electron chi connectivity index (χ2n) is 8.66. The van der Waals surface area contributed by atoms with Crippen LogP contribution in [0, 0.1) is 16.7 Å². The molecular weight excluding hydrogens is 356 g/mol. The van der Waals surface area contributed by atoms with Crippen LogP contribution in [0.4, 0.5) is 0 Å². The van der Waals surface area contributed by atoms with Crippen LogP contribution in [-0.4, -0.2) is 30.3 Å². The van der Waals surface area contributed by atoms with E-state index in [0.29, 0.717) is 11.7 Å². The van der Waals surface area contributed by atoms with Gasteiger partial charge in [0.2, 0.25) is 0 Å². The van der Waals surface area contributed by atoms with Crippen molar-refractivity contribution in [3.63, 3.8) is 0 Å². The first kappa shape index (κ1) is 23.7. The first-order chi connectivity index (χ1) is 12.9. The summed E-state index contributed by atoms with van der Waals surface area (Å²) in [5.41, 5.74) is -0.0722. The number of carboxylic acids is 1. The summed E-state index contributed by atoms with van der Waals surface area (Å²) in [4.78, 5) is 23.4. The fraction of sp³-hybridized carbons (Fsp3) is 0.565. The number of aromatic carboxylic acids is 1. The molecule has 0 aliphatic carbocycles. The van der Waals surface area contributed by atoms with E-state index in [-0.39, 0.29) is 35.2 Å². The average molecular weight is 391 g/mol. The Hall–Kier alpha value is -2.30. The number of benzene rings is 1. The molecule has 1 unspecified atom stereocenters. The average Bonchev–Trinajstić information content (AvgIpc) is 2.61. The van der Waals surface area contributed by atoms with Crippen molar-refractivity contribution in [2.75, 3.05) is 13.2 Å². The molecule has 0 fully saturated rings. The molecule has 28 heavy (non-hydrogen) atoms. The molecule has 1 N–H and O–H groups in total. The summed E-state index contributed by atoms with van der Waals surface area (Å²) in [5.74, 6) is -0.771. The highest BCUT2D eigenvalue weighted by Gasteiger charge is 2.39. The monoisotopic (exact) mass is 390 g/mol. The number of carbonyl (C=O) groups is 2. The van der Waals surface area contributed by atoms with Crippen molar-refractivity contribution in [2.24, 2.45) is 16.7 Å². The van der Waals surface area contributed by atoms with Crippen LogP contribution in [0.1, 0.15) is 75.1 Å². The van der Waals surface area contributed by atoms with Gasteiger partial charge in [-0.3, -0.25) is 0 Å². The minimum Gasteiger partial charge on any atom is -0.494 e. The molecule has 1 atom stereocenters. The molecule has 0 saturated carbocycles. The van der Waals surface area contributed by atoms with Crippen molar-refractivity contribution >= 4 is 11.9 Å². The Bertz CT molecular complexity index is 699. The topological polar surface area (TPSA) is 72.8 Å². The van der Waals surface area contributed by atoms with Gasteiger partial charge in [-0.05, 0) is 36.3 Å². The van der Waals surface area contributed by atoms with Gasteiger partial charge in [0, 0.05) is 5.41 Å². The van der Waals surface area contributed by atoms with Crippen LogP contribution >= 0.6 is 0 Å². The molecule has 0 heterocycles. The summed E-state index contributed by atoms with van der Waals surface area (Å²) >= 11 is 0. The second-order valence-corrected chi connectivity index (χ2v) is 8.66. The number of ether oxygens (including phenoxy) is 2. The summed E-state index contributed by atoms with van der Waals surface area (Å²) in [7, 11) is 0. The lowest BCUT2D eigenvalue weighted by molar-refractivity contribution is 0.0198. The van der Waals surface area contributed by atoms with Crippen molar-refractivity contribution in [1.82, 2.24) is 0 Å². The molecule has 0 aromatic heterocycles. The SMILES string of the molecule is C=C(OCCOC(=O)c1ccccc1C(=O)O)C(CC)(CC(C)(C)C)C(C)C. The highest BCUT2D eigenvalue weighted by Crippen LogP contribution is 2.47. The van der Waals surface area contributed by atoms with E-state index in [1.807, 2.05) is 0 Å². The summed E-state index contributed by atoms with van der Waals surface area (Å²) < 4.78 is 11.1. The number of hydrogen-bond acceptors (Lipinski definition) is 4. The van der Waals surface area contributed by atoms with Gasteiger partial charge in [-0.25, -0.2) is 9.59 Å². The van der Waals surface area contributed by atoms with Crippen molar-refractivity contribution in [3.05, 3.63) is 47.7 Å². The van der Waals surface area contributed by atoms with Crippen LogP contribution in [0.3, 0.4) is 0 Å². The highest BCUT2D eigenvalue weighted by molar-refractivity contribution is 6.02. The molecule has 1 rings (SSSR count). The predicted molar refractivity (Wildman–Crippen MR) is 110 cm³/mol. The van der Waals surface area contributed by atoms with E-state index in [1.54, 1.807) is 12.1 Å². The van der Waals surface area contributed by atoms with Gasteiger partial charge in [0.05, 0.1) is 16.9 Å². The molecular formula is C23H34O5. The fourth-order valence-electron chi connectivity index (χ4n) is 3.67. The molecule has 0 spiro atoms. The Kier molecular flexibility index (Phi) is 8.28. The standard InChI is InChI=1S/C23H34O5/c1-8-23(16(2)3,15-22(5,6)7)17(4)27-13-14-28-21(26)19-12-10-9-11-18(19)20(24)25/h9-12,16H,4,8,13-15H2,1-3,5-7H3,(H,24,25). The van der Waals surface area contributed by atoms with E-state index in [4.69, 9.17) is 9.47 Å². The minimum absolute atomic E-state index is 0.0270. The number of carboxylic acid groups (broad SMARTS) is 1. The van der Waals surface area contributed by atoms with E-state index >= 15 is 0 Å². The Labute approximate surface area is 168 Å². The van der Waals surface area contributed by atoms with E-state index in [1.165, 1.54) is 12.1 Å². The molecule has 1 aromatic rings. The summed E-state index contributed by atoms with van der Waals surface area (Å²) in [5, 5.41) is 9.18. The third-order valence-electron chi connectivity index (χ3n) is 5.11. The highest BCUT2D eigenvalue weighted by atomic mass is 16.6. The van der Waals surface area contributed by atoms with Gasteiger partial charge in [-0.2, -0.15) is 0 Å². The van der Waals surface area contributed by atoms with Crippen LogP contribution in [0.2, 0.25) is 0 Å². The first-order valence-electron chi connectivity index (χ1n) is 9.76. The van der Waals surface area contributed by atoms with Crippen LogP contribution in [0.5, 0.6) is 0 Å². The van der Waals surface area contributed by atoms with Crippen LogP contribution < -0.4 is 0 Å². The Balaban J connectivity index is 2.71. The Morgan fingerprint density at radius 2 is 1.61 bits per heavy atom. The van der Waals surface area contributed by atoms with Gasteiger partial charge in [0.15, 0.2) is 0 Å². The maximum absolute atomic E-state index is 12.2. The summed E-state index contributed by atoms with van der Waals surface area (Å²) in [6.45, 7) is 17.5. The van der Waals surface area contributed by atoms with Crippen molar-refractivity contribution in [3.8, 4) is 0 Å². The van der Waals surface area contributed by atoms with Gasteiger partial charge in [0.1, 0.15) is 13.2 Å². The van der Waals surface area contributed by atoms with Crippen molar-refractivity contribution in [2.45, 2.75) is 54.4 Å². The molecule has 1 aromatic carbocycles. The lowest BCUT2D eigenvalue weighted by Crippen LogP contribution is -2.34. The first-order valence-corrected chi connectivity index (χ1v) is 9.76. The Morgan fingerprint density at radius 3 is 2.07 bits per heavy atom. The largest absolute Gasteiger partial charge is 0.494 e. The van der Waals surface area contributed by atoms with Crippen LogP contribution in [0.25, 0.3) is 0 Å². The molecule has 156 valence electrons. The van der Waals surface area contributed by atoms with Crippen LogP contribution in [-0.2, 0) is 9.47 Å². The number of rotatable bonds is 10. The van der Waals surface area contributed by atoms with Crippen molar-refractivity contribution < 1.29 is 24.2 Å². The lowest BCUT2D eigenvalue weighted by Gasteiger charge is -2.42. The summed E-state index contributed by atoms with van der Waals surface area (Å²) in [6.07, 6.45) is 1.85. The smallest absolute Gasteiger partial charge is 0.339 e. The van der Waals surface area contributed by atoms with Crippen molar-refractivity contribution in [1.29, 1.82) is 0 Å². The number of allylic oxidation sites excluding steroid dienone is 1. The van der Waals surface area contributed by atoms with Crippen LogP contribution in [0.15, 0.2) is 36.6 Å². The molecule has 0 saturated heterocycles. The van der Waals surface area contributed by atoms with Gasteiger partial charge in [0.25, 0.3) is 0 Å². The molecule has 5 nitrogen and oxygen atoms in total. The zero-order valence-electron chi connectivity index (χ0n) is 18.0. The molecule has 0 radical (unpaired) electrons. The lowest BCUT2D eigenvalue weighted by atomic mass is 9.65. The normalized spacial score (nSPS) is 13.7. The zero-order valence-corrected chi connectivity index (χ0v) is 18.0. The predicted octanol–water partition coefficient (Wildman–Crippen LogP) is 5.56. The molecule has 0 aliphatic rings. The third kappa shape index (κ3) is 6.11. The van der Waals surface area contributed by atoms with Gasteiger partial charge in [-0.15, -0.1) is 0 Å². The van der Waals surface area contributed by atoms with Gasteiger partial charge in [-0.1, -0.05) is 60.3 Å². The fourth-order valence-corrected chi connectivity index (χ4v) is 3.67. The molecule has 0 amide bonds. The van der Waals surface area contributed by atoms with E-state index < -0.39 is 11.9 Å². The second kappa shape index (κ2) is 9.76. The van der Waals surface area contributed by atoms with Gasteiger partial charge >= 0.3 is 11.9 Å². The van der Waals surface area contributed by atoms with Gasteiger partial charge < -0.3 is 14.6 Å². The molecule has 5 heteroatoms. The maximum atomic E-state index is 12.2. The maximum Gasteiger partial charge on any atom is 0.339 e. The quantitative estimate of drug-likeness (QED) is 0.322. The van der Waals surface area contributed by atoms with E-state index in [9.17, 15) is 14.7 Å². The Morgan fingerprint density at radius 1 is 1.07 bits per heavy atom. The number of esters is 1. The minimum atomic E-state index is -1.16. The number of hydrogen-bond donors (Lipinski definition) is 1. The van der Waals surface area contributed by atoms with E-state index in [0.717, 1.165) is 12.8 Å². The molecule has 0 bridgehead atoms. The summed E-state index contributed by atoms with van der Waals surface area (Å²) in [6, 6.07) is 5.99. The zero-order chi connectivity index (χ0) is 21.5.